The van der Waals surface area contributed by atoms with E-state index in [1.807, 2.05) is 17.9 Å². The van der Waals surface area contributed by atoms with E-state index in [2.05, 4.69) is 15.2 Å². The predicted octanol–water partition coefficient (Wildman–Crippen LogP) is 2.24. The molecule has 29 heavy (non-hydrogen) atoms. The number of hydrogen-bond acceptors (Lipinski definition) is 4. The quantitative estimate of drug-likeness (QED) is 0.367. The first kappa shape index (κ1) is 23.7. The zero-order valence-corrected chi connectivity index (χ0v) is 19.4. The number of aliphatic imine (C=N–C) groups is 1. The summed E-state index contributed by atoms with van der Waals surface area (Å²) in [5.74, 6) is 0.726. The Hall–Kier alpha value is -1.62. The van der Waals surface area contributed by atoms with Crippen molar-refractivity contribution in [3.8, 4) is 5.75 Å². The lowest BCUT2D eigenvalue weighted by Crippen LogP contribution is -2.55. The van der Waals surface area contributed by atoms with Gasteiger partial charge in [-0.3, -0.25) is 4.79 Å². The van der Waals surface area contributed by atoms with Crippen molar-refractivity contribution in [2.24, 2.45) is 4.99 Å². The summed E-state index contributed by atoms with van der Waals surface area (Å²) < 4.78 is 24.3. The van der Waals surface area contributed by atoms with E-state index < -0.39 is 0 Å². The molecule has 1 unspecified atom stereocenters. The predicted molar refractivity (Wildman–Crippen MR) is 120 cm³/mol. The molecule has 2 heterocycles. The molecule has 1 N–H and O–H groups in total. The van der Waals surface area contributed by atoms with Gasteiger partial charge in [-0.15, -0.1) is 24.0 Å². The number of carbonyl (C=O) groups is 1. The largest absolute Gasteiger partial charge is 0.494 e. The van der Waals surface area contributed by atoms with Gasteiger partial charge in [-0.25, -0.2) is 9.38 Å². The van der Waals surface area contributed by atoms with Crippen molar-refractivity contribution >= 4 is 35.8 Å². The van der Waals surface area contributed by atoms with E-state index in [9.17, 15) is 9.18 Å². The summed E-state index contributed by atoms with van der Waals surface area (Å²) in [4.78, 5) is 21.2. The van der Waals surface area contributed by atoms with Crippen LogP contribution in [0.4, 0.5) is 4.39 Å². The third-order valence-corrected chi connectivity index (χ3v) is 5.06. The van der Waals surface area contributed by atoms with Gasteiger partial charge in [0.1, 0.15) is 6.10 Å². The number of rotatable bonds is 5. The van der Waals surface area contributed by atoms with Crippen molar-refractivity contribution in [3.63, 3.8) is 0 Å². The zero-order valence-electron chi connectivity index (χ0n) is 17.0. The first-order valence-corrected chi connectivity index (χ1v) is 9.88. The van der Waals surface area contributed by atoms with Gasteiger partial charge >= 0.3 is 0 Å². The molecule has 0 saturated carbocycles. The third-order valence-electron chi connectivity index (χ3n) is 5.06. The van der Waals surface area contributed by atoms with Crippen molar-refractivity contribution in [2.45, 2.75) is 32.4 Å². The average Bonchev–Trinajstić information content (AvgIpc) is 3.26. The Morgan fingerprint density at radius 1 is 1.31 bits per heavy atom. The van der Waals surface area contributed by atoms with Gasteiger partial charge in [0.05, 0.1) is 13.7 Å². The standard InChI is InChI=1S/C20H29FN4O3.HI/c1-3-22-20(23-14-15-6-7-17(27-2)16(21)13-15)25-10-8-24(9-11-25)19(26)18-5-4-12-28-18;/h6-7,13,18H,3-5,8-12,14H2,1-2H3,(H,22,23);1H. The van der Waals surface area contributed by atoms with Crippen LogP contribution in [0, 0.1) is 5.82 Å². The lowest BCUT2D eigenvalue weighted by atomic mass is 10.2. The fourth-order valence-electron chi connectivity index (χ4n) is 3.51. The molecule has 0 bridgehead atoms. The maximum absolute atomic E-state index is 13.9. The normalized spacial score (nSPS) is 19.7. The van der Waals surface area contributed by atoms with Gasteiger partial charge < -0.3 is 24.6 Å². The van der Waals surface area contributed by atoms with Gasteiger partial charge in [0.15, 0.2) is 17.5 Å². The summed E-state index contributed by atoms with van der Waals surface area (Å²) in [7, 11) is 1.45. The second-order valence-corrected chi connectivity index (χ2v) is 6.95. The number of carbonyl (C=O) groups excluding carboxylic acids is 1. The molecule has 2 aliphatic rings. The molecule has 0 aromatic heterocycles. The highest BCUT2D eigenvalue weighted by atomic mass is 127. The van der Waals surface area contributed by atoms with Crippen molar-refractivity contribution in [1.29, 1.82) is 0 Å². The van der Waals surface area contributed by atoms with E-state index in [0.717, 1.165) is 30.9 Å². The molecule has 1 amide bonds. The summed E-state index contributed by atoms with van der Waals surface area (Å²) in [5.41, 5.74) is 0.779. The summed E-state index contributed by atoms with van der Waals surface area (Å²) in [5, 5.41) is 3.29. The molecule has 162 valence electrons. The fraction of sp³-hybridized carbons (Fsp3) is 0.600. The average molecular weight is 520 g/mol. The van der Waals surface area contributed by atoms with Crippen LogP contribution in [0.3, 0.4) is 0 Å². The highest BCUT2D eigenvalue weighted by Crippen LogP contribution is 2.19. The molecule has 1 atom stereocenters. The Morgan fingerprint density at radius 3 is 2.62 bits per heavy atom. The lowest BCUT2D eigenvalue weighted by Gasteiger charge is -2.37. The van der Waals surface area contributed by atoms with E-state index in [1.165, 1.54) is 13.2 Å². The highest BCUT2D eigenvalue weighted by molar-refractivity contribution is 14.0. The monoisotopic (exact) mass is 520 g/mol. The van der Waals surface area contributed by atoms with Gasteiger partial charge in [0.25, 0.3) is 5.91 Å². The number of methoxy groups -OCH3 is 1. The molecule has 7 nitrogen and oxygen atoms in total. The second kappa shape index (κ2) is 11.5. The van der Waals surface area contributed by atoms with Crippen LogP contribution in [0.2, 0.25) is 0 Å². The third kappa shape index (κ3) is 6.18. The van der Waals surface area contributed by atoms with Gasteiger partial charge in [-0.2, -0.15) is 0 Å². The summed E-state index contributed by atoms with van der Waals surface area (Å²) in [6.45, 7) is 6.53. The van der Waals surface area contributed by atoms with Crippen LogP contribution >= 0.6 is 24.0 Å². The SMILES string of the molecule is CCNC(=NCc1ccc(OC)c(F)c1)N1CCN(C(=O)C2CCCO2)CC1.I. The van der Waals surface area contributed by atoms with Crippen LogP contribution in [0.5, 0.6) is 5.75 Å². The van der Waals surface area contributed by atoms with Crippen molar-refractivity contribution < 1.29 is 18.7 Å². The minimum Gasteiger partial charge on any atom is -0.494 e. The van der Waals surface area contributed by atoms with Crippen LogP contribution in [-0.2, 0) is 16.1 Å². The number of halogens is 2. The van der Waals surface area contributed by atoms with E-state index in [0.29, 0.717) is 39.3 Å². The van der Waals surface area contributed by atoms with Crippen LogP contribution in [0.25, 0.3) is 0 Å². The van der Waals surface area contributed by atoms with E-state index >= 15 is 0 Å². The Morgan fingerprint density at radius 2 is 2.03 bits per heavy atom. The topological polar surface area (TPSA) is 66.4 Å². The summed E-state index contributed by atoms with van der Waals surface area (Å²) >= 11 is 0. The van der Waals surface area contributed by atoms with Crippen molar-refractivity contribution in [2.75, 3.05) is 46.4 Å². The van der Waals surface area contributed by atoms with Crippen molar-refractivity contribution in [3.05, 3.63) is 29.6 Å². The molecule has 2 fully saturated rings. The maximum Gasteiger partial charge on any atom is 0.251 e. The van der Waals surface area contributed by atoms with Gasteiger partial charge in [0.2, 0.25) is 0 Å². The van der Waals surface area contributed by atoms with Crippen LogP contribution in [0.15, 0.2) is 23.2 Å². The number of amides is 1. The zero-order chi connectivity index (χ0) is 19.9. The smallest absolute Gasteiger partial charge is 0.251 e. The molecule has 1 aromatic carbocycles. The molecule has 9 heteroatoms. The Kier molecular flexibility index (Phi) is 9.41. The lowest BCUT2D eigenvalue weighted by molar-refractivity contribution is -0.142. The number of benzene rings is 1. The molecule has 1 aromatic rings. The first-order valence-electron chi connectivity index (χ1n) is 9.88. The van der Waals surface area contributed by atoms with Crippen LogP contribution < -0.4 is 10.1 Å². The Labute approximate surface area is 188 Å². The molecule has 3 rings (SSSR count). The number of guanidine groups is 1. The van der Waals surface area contributed by atoms with E-state index in [4.69, 9.17) is 9.47 Å². The van der Waals surface area contributed by atoms with Crippen LogP contribution in [0.1, 0.15) is 25.3 Å². The molecule has 0 spiro atoms. The molecule has 0 radical (unpaired) electrons. The number of ether oxygens (including phenoxy) is 2. The number of hydrogen-bond donors (Lipinski definition) is 1. The second-order valence-electron chi connectivity index (χ2n) is 6.95. The molecule has 0 aliphatic carbocycles. The van der Waals surface area contributed by atoms with Gasteiger partial charge in [-0.1, -0.05) is 6.07 Å². The summed E-state index contributed by atoms with van der Waals surface area (Å²) in [6.07, 6.45) is 1.51. The molecular formula is C20H30FIN4O3. The number of nitrogens with zero attached hydrogens (tertiary/aromatic N) is 3. The fourth-order valence-corrected chi connectivity index (χ4v) is 3.51. The molecule has 2 aliphatic heterocycles. The van der Waals surface area contributed by atoms with Crippen molar-refractivity contribution in [1.82, 2.24) is 15.1 Å². The first-order chi connectivity index (χ1) is 13.6. The van der Waals surface area contributed by atoms with Gasteiger partial charge in [-0.05, 0) is 37.5 Å². The Balaban J connectivity index is 0.00000300. The maximum atomic E-state index is 13.9. The number of piperazine rings is 1. The minimum absolute atomic E-state index is 0. The van der Waals surface area contributed by atoms with E-state index in [1.54, 1.807) is 6.07 Å². The summed E-state index contributed by atoms with van der Waals surface area (Å²) in [6, 6.07) is 4.87. The van der Waals surface area contributed by atoms with Crippen LogP contribution in [-0.4, -0.2) is 74.2 Å². The van der Waals surface area contributed by atoms with E-state index in [-0.39, 0.29) is 47.6 Å². The number of nitrogens with one attached hydrogen (secondary N) is 1. The molecule has 2 saturated heterocycles. The molecular weight excluding hydrogens is 490 g/mol. The minimum atomic E-state index is -0.388. The highest BCUT2D eigenvalue weighted by Gasteiger charge is 2.30. The Bertz CT molecular complexity index is 705. The van der Waals surface area contributed by atoms with Gasteiger partial charge in [0, 0.05) is 39.3 Å².